The monoisotopic (exact) mass is 326 g/mol. The smallest absolute Gasteiger partial charge is 0.358 e. The second-order valence-corrected chi connectivity index (χ2v) is 5.17. The van der Waals surface area contributed by atoms with Gasteiger partial charge < -0.3 is 15.4 Å². The Bertz CT molecular complexity index is 695. The Hall–Kier alpha value is -2.42. The number of hydrogen-bond donors (Lipinski definition) is 1. The number of nitro groups is 1. The van der Waals surface area contributed by atoms with Crippen LogP contribution in [0.5, 0.6) is 0 Å². The Morgan fingerprint density at radius 3 is 2.86 bits per heavy atom. The van der Waals surface area contributed by atoms with Crippen molar-refractivity contribution in [2.24, 2.45) is 0 Å². The summed E-state index contributed by atoms with van der Waals surface area (Å²) in [5, 5.41) is 21.8. The average molecular weight is 327 g/mol. The normalized spacial score (nSPS) is 12.1. The van der Waals surface area contributed by atoms with Gasteiger partial charge >= 0.3 is 5.82 Å². The van der Waals surface area contributed by atoms with Crippen LogP contribution < -0.4 is 5.32 Å². The number of nitrogens with zero attached hydrogens (tertiary/aromatic N) is 5. The fourth-order valence-corrected chi connectivity index (χ4v) is 2.12. The van der Waals surface area contributed by atoms with Gasteiger partial charge in [-0.15, -0.1) is 0 Å². The highest BCUT2D eigenvalue weighted by Gasteiger charge is 2.24. The van der Waals surface area contributed by atoms with Crippen molar-refractivity contribution in [1.82, 2.24) is 24.9 Å². The van der Waals surface area contributed by atoms with Crippen LogP contribution in [0.3, 0.4) is 0 Å². The van der Waals surface area contributed by atoms with Gasteiger partial charge in [0, 0.05) is 12.7 Å². The number of hydrogen-bond acceptors (Lipinski definition) is 5. The first-order valence-electron chi connectivity index (χ1n) is 6.54. The summed E-state index contributed by atoms with van der Waals surface area (Å²) >= 11 is 5.74. The number of carbonyl (C=O) groups excluding carboxylic acids is 1. The highest BCUT2D eigenvalue weighted by atomic mass is 35.5. The van der Waals surface area contributed by atoms with Crippen molar-refractivity contribution >= 4 is 23.3 Å². The summed E-state index contributed by atoms with van der Waals surface area (Å²) in [5.41, 5.74) is 0.549. The topological polar surface area (TPSA) is 108 Å². The van der Waals surface area contributed by atoms with Gasteiger partial charge in [0.25, 0.3) is 0 Å². The van der Waals surface area contributed by atoms with Gasteiger partial charge in [0.15, 0.2) is 0 Å². The van der Waals surface area contributed by atoms with Gasteiger partial charge in [0.1, 0.15) is 6.04 Å². The van der Waals surface area contributed by atoms with Gasteiger partial charge in [0.05, 0.1) is 34.6 Å². The van der Waals surface area contributed by atoms with E-state index in [0.717, 1.165) is 0 Å². The van der Waals surface area contributed by atoms with Gasteiger partial charge in [-0.05, 0) is 18.8 Å². The summed E-state index contributed by atoms with van der Waals surface area (Å²) < 4.78 is 2.94. The minimum Gasteiger partial charge on any atom is -0.358 e. The molecule has 0 bridgehead atoms. The Labute approximate surface area is 131 Å². The van der Waals surface area contributed by atoms with E-state index < -0.39 is 11.0 Å². The molecule has 1 unspecified atom stereocenters. The molecule has 0 fully saturated rings. The molecule has 1 amide bonds. The summed E-state index contributed by atoms with van der Waals surface area (Å²) in [7, 11) is 0. The van der Waals surface area contributed by atoms with Gasteiger partial charge in [-0.1, -0.05) is 11.6 Å². The van der Waals surface area contributed by atoms with Crippen molar-refractivity contribution in [1.29, 1.82) is 0 Å². The molecule has 10 heteroatoms. The largest absolute Gasteiger partial charge is 0.390 e. The number of aromatic nitrogens is 4. The third-order valence-electron chi connectivity index (χ3n) is 3.08. The molecular formula is C12H15ClN6O3. The fraction of sp³-hybridized carbons (Fsp3) is 0.417. The molecule has 9 nitrogen and oxygen atoms in total. The molecule has 1 atom stereocenters. The molecule has 0 aromatic carbocycles. The van der Waals surface area contributed by atoms with Crippen LogP contribution in [-0.2, 0) is 11.3 Å². The van der Waals surface area contributed by atoms with Gasteiger partial charge in [-0.25, -0.2) is 0 Å². The SMILES string of the molecule is Cc1cc([N+](=O)[O-])nn1C(C)C(=O)NCCn1cc(Cl)cn1. The van der Waals surface area contributed by atoms with E-state index in [4.69, 9.17) is 11.6 Å². The van der Waals surface area contributed by atoms with Crippen LogP contribution in [0.4, 0.5) is 5.82 Å². The summed E-state index contributed by atoms with van der Waals surface area (Å²) in [6.07, 6.45) is 3.16. The lowest BCUT2D eigenvalue weighted by Crippen LogP contribution is -2.34. The summed E-state index contributed by atoms with van der Waals surface area (Å²) in [5.74, 6) is -0.553. The van der Waals surface area contributed by atoms with Crippen LogP contribution in [0.2, 0.25) is 5.02 Å². The zero-order valence-corrected chi connectivity index (χ0v) is 12.8. The lowest BCUT2D eigenvalue weighted by atomic mass is 10.3. The summed E-state index contributed by atoms with van der Waals surface area (Å²) in [6.45, 7) is 4.13. The van der Waals surface area contributed by atoms with E-state index in [-0.39, 0.29) is 11.7 Å². The second kappa shape index (κ2) is 6.56. The van der Waals surface area contributed by atoms with Crippen LogP contribution in [0.15, 0.2) is 18.5 Å². The van der Waals surface area contributed by atoms with E-state index >= 15 is 0 Å². The van der Waals surface area contributed by atoms with Crippen molar-refractivity contribution in [2.75, 3.05) is 6.54 Å². The van der Waals surface area contributed by atoms with E-state index in [1.807, 2.05) is 0 Å². The molecule has 1 N–H and O–H groups in total. The summed E-state index contributed by atoms with van der Waals surface area (Å²) in [6, 6.07) is 0.685. The number of halogens is 1. The number of aryl methyl sites for hydroxylation is 1. The molecule has 0 aliphatic heterocycles. The molecule has 2 rings (SSSR count). The first-order valence-corrected chi connectivity index (χ1v) is 6.92. The number of rotatable bonds is 6. The minimum atomic E-state index is -0.644. The molecule has 0 saturated carbocycles. The average Bonchev–Trinajstić information content (AvgIpc) is 3.04. The number of carbonyl (C=O) groups is 1. The third kappa shape index (κ3) is 3.61. The zero-order valence-electron chi connectivity index (χ0n) is 12.1. The van der Waals surface area contributed by atoms with E-state index in [0.29, 0.717) is 23.8 Å². The maximum atomic E-state index is 12.1. The molecule has 0 radical (unpaired) electrons. The van der Waals surface area contributed by atoms with Gasteiger partial charge in [0.2, 0.25) is 5.91 Å². The van der Waals surface area contributed by atoms with Crippen molar-refractivity contribution in [3.05, 3.63) is 39.3 Å². The third-order valence-corrected chi connectivity index (χ3v) is 3.28. The Morgan fingerprint density at radius 2 is 2.32 bits per heavy atom. The van der Waals surface area contributed by atoms with E-state index in [2.05, 4.69) is 15.5 Å². The fourth-order valence-electron chi connectivity index (χ4n) is 1.97. The maximum absolute atomic E-state index is 12.1. The van der Waals surface area contributed by atoms with E-state index in [9.17, 15) is 14.9 Å². The molecular weight excluding hydrogens is 312 g/mol. The van der Waals surface area contributed by atoms with E-state index in [1.165, 1.54) is 16.9 Å². The zero-order chi connectivity index (χ0) is 16.3. The highest BCUT2D eigenvalue weighted by Crippen LogP contribution is 2.16. The van der Waals surface area contributed by atoms with Crippen molar-refractivity contribution in [3.63, 3.8) is 0 Å². The molecule has 2 aromatic heterocycles. The lowest BCUT2D eigenvalue weighted by molar-refractivity contribution is -0.389. The molecule has 0 aliphatic rings. The van der Waals surface area contributed by atoms with Gasteiger partial charge in [-0.3, -0.25) is 9.48 Å². The Balaban J connectivity index is 1.93. The van der Waals surface area contributed by atoms with Crippen molar-refractivity contribution in [3.8, 4) is 0 Å². The van der Waals surface area contributed by atoms with Crippen LogP contribution in [0.25, 0.3) is 0 Å². The Morgan fingerprint density at radius 1 is 1.59 bits per heavy atom. The van der Waals surface area contributed by atoms with Crippen molar-refractivity contribution in [2.45, 2.75) is 26.4 Å². The van der Waals surface area contributed by atoms with Crippen LogP contribution in [0, 0.1) is 17.0 Å². The first kappa shape index (κ1) is 16.0. The molecule has 22 heavy (non-hydrogen) atoms. The van der Waals surface area contributed by atoms with Crippen molar-refractivity contribution < 1.29 is 9.72 Å². The highest BCUT2D eigenvalue weighted by molar-refractivity contribution is 6.30. The van der Waals surface area contributed by atoms with Crippen LogP contribution >= 0.6 is 11.6 Å². The molecule has 0 saturated heterocycles. The standard InChI is InChI=1S/C12H15ClN6O3/c1-8-5-11(19(21)22)16-18(8)9(2)12(20)14-3-4-17-7-10(13)6-15-17/h5-7,9H,3-4H2,1-2H3,(H,14,20). The predicted octanol–water partition coefficient (Wildman–Crippen LogP) is 1.33. The van der Waals surface area contributed by atoms with E-state index in [1.54, 1.807) is 24.7 Å². The molecule has 2 heterocycles. The van der Waals surface area contributed by atoms with Gasteiger partial charge in [-0.2, -0.15) is 9.78 Å². The molecule has 2 aromatic rings. The quantitative estimate of drug-likeness (QED) is 0.636. The second-order valence-electron chi connectivity index (χ2n) is 4.73. The predicted molar refractivity (Wildman–Crippen MR) is 78.6 cm³/mol. The van der Waals surface area contributed by atoms with Crippen LogP contribution in [0.1, 0.15) is 18.7 Å². The maximum Gasteiger partial charge on any atom is 0.390 e. The minimum absolute atomic E-state index is 0.275. The first-order chi connectivity index (χ1) is 10.4. The number of amides is 1. The molecule has 118 valence electrons. The van der Waals surface area contributed by atoms with Crippen LogP contribution in [-0.4, -0.2) is 36.9 Å². The molecule has 0 aliphatic carbocycles. The Kier molecular flexibility index (Phi) is 4.76. The number of nitrogens with one attached hydrogen (secondary N) is 1. The molecule has 0 spiro atoms. The summed E-state index contributed by atoms with van der Waals surface area (Å²) in [4.78, 5) is 22.2. The lowest BCUT2D eigenvalue weighted by Gasteiger charge is -2.11.